The molecule has 1 aromatic rings. The van der Waals surface area contributed by atoms with E-state index in [-0.39, 0.29) is 11.9 Å². The van der Waals surface area contributed by atoms with Crippen molar-refractivity contribution in [3.05, 3.63) is 35.0 Å². The van der Waals surface area contributed by atoms with Gasteiger partial charge < -0.3 is 24.8 Å². The average Bonchev–Trinajstić information content (AvgIpc) is 2.65. The molecule has 0 radical (unpaired) electrons. The Kier molecular flexibility index (Phi) is 7.10. The Balaban J connectivity index is 2.34. The Hall–Kier alpha value is -2.70. The number of allylic oxidation sites excluding steroid dienone is 1. The van der Waals surface area contributed by atoms with E-state index < -0.39 is 12.0 Å². The van der Waals surface area contributed by atoms with Crippen LogP contribution in [0.2, 0.25) is 0 Å². The number of methoxy groups -OCH3 is 2. The molecule has 0 aromatic heterocycles. The van der Waals surface area contributed by atoms with E-state index in [2.05, 4.69) is 17.6 Å². The highest BCUT2D eigenvalue weighted by molar-refractivity contribution is 5.95. The third-order valence-corrected chi connectivity index (χ3v) is 4.52. The molecule has 27 heavy (non-hydrogen) atoms. The van der Waals surface area contributed by atoms with Gasteiger partial charge in [0.2, 0.25) is 0 Å². The summed E-state index contributed by atoms with van der Waals surface area (Å²) in [7, 11) is 3.09. The molecule has 2 amide bonds. The van der Waals surface area contributed by atoms with Crippen molar-refractivity contribution >= 4 is 12.0 Å². The predicted molar refractivity (Wildman–Crippen MR) is 102 cm³/mol. The molecular formula is C20H28N2O5. The SMILES string of the molecule is CCCC(C)COC(=O)C1=C(C)NC(=O)NC1c1ccc(OC)cc1OC. The maximum absolute atomic E-state index is 12.8. The topological polar surface area (TPSA) is 85.9 Å². The van der Waals surface area contributed by atoms with Crippen LogP contribution >= 0.6 is 0 Å². The van der Waals surface area contributed by atoms with Crippen LogP contribution in [-0.4, -0.2) is 32.8 Å². The monoisotopic (exact) mass is 376 g/mol. The van der Waals surface area contributed by atoms with Crippen LogP contribution in [0.25, 0.3) is 0 Å². The Morgan fingerprint density at radius 2 is 2.00 bits per heavy atom. The van der Waals surface area contributed by atoms with Crippen molar-refractivity contribution in [1.82, 2.24) is 10.6 Å². The zero-order valence-electron chi connectivity index (χ0n) is 16.5. The first-order valence-electron chi connectivity index (χ1n) is 9.08. The van der Waals surface area contributed by atoms with Gasteiger partial charge in [0, 0.05) is 17.3 Å². The summed E-state index contributed by atoms with van der Waals surface area (Å²) < 4.78 is 16.2. The van der Waals surface area contributed by atoms with E-state index in [0.29, 0.717) is 34.9 Å². The third kappa shape index (κ3) is 4.93. The van der Waals surface area contributed by atoms with Crippen molar-refractivity contribution in [1.29, 1.82) is 0 Å². The van der Waals surface area contributed by atoms with Gasteiger partial charge in [0.05, 0.1) is 32.4 Å². The number of hydrogen-bond acceptors (Lipinski definition) is 5. The molecule has 1 aromatic carbocycles. The van der Waals surface area contributed by atoms with Gasteiger partial charge in [0.1, 0.15) is 11.5 Å². The quantitative estimate of drug-likeness (QED) is 0.680. The summed E-state index contributed by atoms with van der Waals surface area (Å²) in [6, 6.07) is 4.19. The number of urea groups is 1. The second-order valence-electron chi connectivity index (χ2n) is 6.67. The molecule has 1 heterocycles. The number of carbonyl (C=O) groups is 2. The maximum Gasteiger partial charge on any atom is 0.338 e. The molecule has 7 nitrogen and oxygen atoms in total. The van der Waals surface area contributed by atoms with Crippen LogP contribution in [0.5, 0.6) is 11.5 Å². The van der Waals surface area contributed by atoms with Crippen LogP contribution in [0.1, 0.15) is 45.2 Å². The number of benzene rings is 1. The van der Waals surface area contributed by atoms with Crippen LogP contribution < -0.4 is 20.1 Å². The number of esters is 1. The molecule has 1 aliphatic rings. The van der Waals surface area contributed by atoms with Crippen LogP contribution in [0.3, 0.4) is 0 Å². The zero-order chi connectivity index (χ0) is 20.0. The van der Waals surface area contributed by atoms with Crippen LogP contribution in [0.4, 0.5) is 4.79 Å². The Morgan fingerprint density at radius 1 is 1.26 bits per heavy atom. The van der Waals surface area contributed by atoms with Crippen molar-refractivity contribution in [3.63, 3.8) is 0 Å². The number of carbonyl (C=O) groups excluding carboxylic acids is 2. The van der Waals surface area contributed by atoms with Crippen LogP contribution in [-0.2, 0) is 9.53 Å². The van der Waals surface area contributed by atoms with Gasteiger partial charge in [0.25, 0.3) is 0 Å². The van der Waals surface area contributed by atoms with Gasteiger partial charge in [-0.1, -0.05) is 20.3 Å². The smallest absolute Gasteiger partial charge is 0.338 e. The van der Waals surface area contributed by atoms with Crippen molar-refractivity contribution in [2.24, 2.45) is 5.92 Å². The van der Waals surface area contributed by atoms with E-state index in [9.17, 15) is 9.59 Å². The summed E-state index contributed by atoms with van der Waals surface area (Å²) in [6.45, 7) is 6.16. The fraction of sp³-hybridized carbons (Fsp3) is 0.500. The van der Waals surface area contributed by atoms with Gasteiger partial charge in [-0.25, -0.2) is 9.59 Å². The van der Waals surface area contributed by atoms with E-state index in [0.717, 1.165) is 12.8 Å². The molecular weight excluding hydrogens is 348 g/mol. The fourth-order valence-corrected chi connectivity index (χ4v) is 3.13. The van der Waals surface area contributed by atoms with Crippen molar-refractivity contribution in [2.75, 3.05) is 20.8 Å². The second-order valence-corrected chi connectivity index (χ2v) is 6.67. The molecule has 0 spiro atoms. The van der Waals surface area contributed by atoms with Gasteiger partial charge in [0.15, 0.2) is 0 Å². The summed E-state index contributed by atoms with van der Waals surface area (Å²) in [5.74, 6) is 0.957. The molecule has 148 valence electrons. The minimum absolute atomic E-state index is 0.278. The van der Waals surface area contributed by atoms with E-state index in [1.165, 1.54) is 7.11 Å². The first kappa shape index (κ1) is 20.6. The minimum Gasteiger partial charge on any atom is -0.497 e. The predicted octanol–water partition coefficient (Wildman–Crippen LogP) is 3.31. The lowest BCUT2D eigenvalue weighted by Crippen LogP contribution is -2.45. The lowest BCUT2D eigenvalue weighted by molar-refractivity contribution is -0.140. The molecule has 2 unspecified atom stereocenters. The number of nitrogens with one attached hydrogen (secondary N) is 2. The summed E-state index contributed by atoms with van der Waals surface area (Å²) in [5, 5.41) is 5.44. The van der Waals surface area contributed by atoms with E-state index in [4.69, 9.17) is 14.2 Å². The highest BCUT2D eigenvalue weighted by Crippen LogP contribution is 2.35. The van der Waals surface area contributed by atoms with Gasteiger partial charge in [-0.2, -0.15) is 0 Å². The van der Waals surface area contributed by atoms with Gasteiger partial charge in [-0.15, -0.1) is 0 Å². The number of amides is 2. The Labute approximate surface area is 160 Å². The number of hydrogen-bond donors (Lipinski definition) is 2. The molecule has 1 aliphatic heterocycles. The first-order chi connectivity index (χ1) is 12.9. The summed E-state index contributed by atoms with van der Waals surface area (Å²) >= 11 is 0. The Bertz CT molecular complexity index is 729. The van der Waals surface area contributed by atoms with Crippen LogP contribution in [0, 0.1) is 5.92 Å². The van der Waals surface area contributed by atoms with Gasteiger partial charge >= 0.3 is 12.0 Å². The molecule has 2 N–H and O–H groups in total. The number of ether oxygens (including phenoxy) is 3. The minimum atomic E-state index is -0.673. The zero-order valence-corrected chi connectivity index (χ0v) is 16.5. The van der Waals surface area contributed by atoms with Gasteiger partial charge in [-0.3, -0.25) is 0 Å². The first-order valence-corrected chi connectivity index (χ1v) is 9.08. The largest absolute Gasteiger partial charge is 0.497 e. The highest BCUT2D eigenvalue weighted by atomic mass is 16.5. The highest BCUT2D eigenvalue weighted by Gasteiger charge is 2.34. The molecule has 0 aliphatic carbocycles. The lowest BCUT2D eigenvalue weighted by Gasteiger charge is -2.29. The molecule has 7 heteroatoms. The normalized spacial score (nSPS) is 17.7. The molecule has 2 rings (SSSR count). The second kappa shape index (κ2) is 9.30. The fourth-order valence-electron chi connectivity index (χ4n) is 3.13. The molecule has 0 bridgehead atoms. The van der Waals surface area contributed by atoms with Crippen molar-refractivity contribution in [3.8, 4) is 11.5 Å². The average molecular weight is 376 g/mol. The van der Waals surface area contributed by atoms with E-state index in [1.54, 1.807) is 32.2 Å². The van der Waals surface area contributed by atoms with E-state index >= 15 is 0 Å². The van der Waals surface area contributed by atoms with Crippen molar-refractivity contribution in [2.45, 2.75) is 39.7 Å². The van der Waals surface area contributed by atoms with Crippen molar-refractivity contribution < 1.29 is 23.8 Å². The lowest BCUT2D eigenvalue weighted by atomic mass is 9.94. The number of rotatable bonds is 8. The van der Waals surface area contributed by atoms with E-state index in [1.807, 2.05) is 6.92 Å². The molecule has 2 atom stereocenters. The molecule has 0 fully saturated rings. The Morgan fingerprint density at radius 3 is 2.63 bits per heavy atom. The summed E-state index contributed by atoms with van der Waals surface area (Å²) in [4.78, 5) is 24.8. The summed E-state index contributed by atoms with van der Waals surface area (Å²) in [5.41, 5.74) is 1.48. The third-order valence-electron chi connectivity index (χ3n) is 4.52. The standard InChI is InChI=1S/C20H28N2O5/c1-6-7-12(2)11-27-19(23)17-13(3)21-20(24)22-18(17)15-9-8-14(25-4)10-16(15)26-5/h8-10,12,18H,6-7,11H2,1-5H3,(H2,21,22,24). The maximum atomic E-state index is 12.8. The van der Waals surface area contributed by atoms with Gasteiger partial charge in [-0.05, 0) is 31.4 Å². The van der Waals surface area contributed by atoms with Crippen LogP contribution in [0.15, 0.2) is 29.5 Å². The molecule has 0 saturated heterocycles. The molecule has 0 saturated carbocycles. The summed E-state index contributed by atoms with van der Waals surface area (Å²) in [6.07, 6.45) is 2.01.